The summed E-state index contributed by atoms with van der Waals surface area (Å²) in [4.78, 5) is 28.9. The maximum Gasteiger partial charge on any atom is 0.336 e. The molecule has 5 rings (SSSR count). The van der Waals surface area contributed by atoms with Gasteiger partial charge in [0.25, 0.3) is 0 Å². The molecule has 0 aromatic heterocycles. The monoisotopic (exact) mass is 368 g/mol. The molecule has 5 nitrogen and oxygen atoms in total. The molecule has 1 aliphatic heterocycles. The van der Waals surface area contributed by atoms with Crippen LogP contribution in [-0.2, 0) is 11.3 Å². The maximum atomic E-state index is 13.1. The van der Waals surface area contributed by atoms with Crippen molar-refractivity contribution in [2.24, 2.45) is 29.6 Å². The number of carbonyl (C=O) groups excluding carboxylic acids is 1. The van der Waals surface area contributed by atoms with E-state index in [1.165, 1.54) is 19.3 Å². The average molecular weight is 368 g/mol. The zero-order chi connectivity index (χ0) is 18.5. The van der Waals surface area contributed by atoms with Crippen LogP contribution in [0, 0.1) is 29.6 Å². The van der Waals surface area contributed by atoms with Crippen molar-refractivity contribution in [2.45, 2.75) is 32.2 Å². The van der Waals surface area contributed by atoms with Crippen LogP contribution in [0.1, 0.15) is 41.6 Å². The fourth-order valence-corrected chi connectivity index (χ4v) is 6.32. The van der Waals surface area contributed by atoms with Crippen LogP contribution in [0.15, 0.2) is 24.3 Å². The van der Waals surface area contributed by atoms with Gasteiger partial charge in [0, 0.05) is 38.6 Å². The summed E-state index contributed by atoms with van der Waals surface area (Å²) in [6.45, 7) is 4.01. The molecule has 3 aliphatic carbocycles. The molecule has 144 valence electrons. The minimum atomic E-state index is -0.868. The van der Waals surface area contributed by atoms with Crippen molar-refractivity contribution in [3.05, 3.63) is 35.4 Å². The first-order chi connectivity index (χ1) is 13.1. The van der Waals surface area contributed by atoms with Gasteiger partial charge in [-0.3, -0.25) is 9.69 Å². The van der Waals surface area contributed by atoms with Gasteiger partial charge in [0.15, 0.2) is 0 Å². The van der Waals surface area contributed by atoms with Gasteiger partial charge in [-0.1, -0.05) is 18.2 Å². The van der Waals surface area contributed by atoms with Crippen molar-refractivity contribution in [3.63, 3.8) is 0 Å². The maximum absolute atomic E-state index is 13.1. The van der Waals surface area contributed by atoms with Crippen LogP contribution in [0.3, 0.4) is 0 Å². The van der Waals surface area contributed by atoms with E-state index in [0.29, 0.717) is 35.8 Å². The lowest BCUT2D eigenvalue weighted by molar-refractivity contribution is -0.133. The summed E-state index contributed by atoms with van der Waals surface area (Å²) >= 11 is 0. The molecular weight excluding hydrogens is 340 g/mol. The molecule has 1 aromatic rings. The minimum Gasteiger partial charge on any atom is -0.478 e. The predicted octanol–water partition coefficient (Wildman–Crippen LogP) is 2.71. The largest absolute Gasteiger partial charge is 0.478 e. The van der Waals surface area contributed by atoms with Crippen LogP contribution in [-0.4, -0.2) is 53.0 Å². The molecule has 4 fully saturated rings. The normalized spacial score (nSPS) is 35.0. The summed E-state index contributed by atoms with van der Waals surface area (Å²) < 4.78 is 0. The van der Waals surface area contributed by atoms with E-state index in [1.54, 1.807) is 12.1 Å². The molecule has 27 heavy (non-hydrogen) atoms. The van der Waals surface area contributed by atoms with E-state index in [-0.39, 0.29) is 0 Å². The quantitative estimate of drug-likeness (QED) is 0.888. The number of fused-ring (bicyclic) bond motifs is 5. The Kier molecular flexibility index (Phi) is 4.23. The zero-order valence-electron chi connectivity index (χ0n) is 15.7. The number of nitrogens with zero attached hydrogens (tertiary/aromatic N) is 2. The third kappa shape index (κ3) is 2.96. The lowest BCUT2D eigenvalue weighted by atomic mass is 10.0. The van der Waals surface area contributed by atoms with Crippen LogP contribution < -0.4 is 0 Å². The molecule has 4 aliphatic rings. The van der Waals surface area contributed by atoms with Crippen LogP contribution in [0.4, 0.5) is 0 Å². The Morgan fingerprint density at radius 3 is 2.48 bits per heavy atom. The van der Waals surface area contributed by atoms with E-state index in [2.05, 4.69) is 9.80 Å². The Morgan fingerprint density at radius 1 is 1.00 bits per heavy atom. The number of carboxylic acids is 1. The topological polar surface area (TPSA) is 60.9 Å². The van der Waals surface area contributed by atoms with E-state index in [1.807, 2.05) is 12.1 Å². The molecule has 4 unspecified atom stereocenters. The molecule has 5 heteroatoms. The number of rotatable bonds is 4. The lowest BCUT2D eigenvalue weighted by Gasteiger charge is -2.23. The second kappa shape index (κ2) is 6.62. The molecule has 3 saturated carbocycles. The molecule has 1 amide bonds. The highest BCUT2D eigenvalue weighted by molar-refractivity contribution is 5.89. The van der Waals surface area contributed by atoms with E-state index < -0.39 is 5.97 Å². The number of amides is 1. The van der Waals surface area contributed by atoms with Crippen LogP contribution in [0.2, 0.25) is 0 Å². The molecule has 1 heterocycles. The third-order valence-corrected chi connectivity index (χ3v) is 7.56. The molecule has 1 saturated heterocycles. The van der Waals surface area contributed by atoms with Crippen molar-refractivity contribution < 1.29 is 14.7 Å². The number of benzene rings is 1. The van der Waals surface area contributed by atoms with Gasteiger partial charge in [0.1, 0.15) is 0 Å². The van der Waals surface area contributed by atoms with Gasteiger partial charge in [-0.25, -0.2) is 4.79 Å². The van der Waals surface area contributed by atoms with Crippen molar-refractivity contribution >= 4 is 11.9 Å². The highest BCUT2D eigenvalue weighted by Crippen LogP contribution is 2.69. The van der Waals surface area contributed by atoms with E-state index in [4.69, 9.17) is 0 Å². The van der Waals surface area contributed by atoms with Crippen LogP contribution in [0.25, 0.3) is 0 Å². The van der Waals surface area contributed by atoms with E-state index in [9.17, 15) is 14.7 Å². The van der Waals surface area contributed by atoms with Gasteiger partial charge in [-0.2, -0.15) is 0 Å². The smallest absolute Gasteiger partial charge is 0.336 e. The van der Waals surface area contributed by atoms with Gasteiger partial charge in [0.2, 0.25) is 5.91 Å². The SMILES string of the molecule is O=C(O)c1ccccc1CN1CCCN(C(=O)C2C3C4CCC(C4)C23)CC1. The van der Waals surface area contributed by atoms with Gasteiger partial charge in [-0.15, -0.1) is 0 Å². The first kappa shape index (κ1) is 17.2. The van der Waals surface area contributed by atoms with E-state index >= 15 is 0 Å². The molecule has 0 spiro atoms. The Labute approximate surface area is 160 Å². The van der Waals surface area contributed by atoms with Gasteiger partial charge in [0.05, 0.1) is 5.56 Å². The Hall–Kier alpha value is -1.88. The summed E-state index contributed by atoms with van der Waals surface area (Å²) in [7, 11) is 0. The van der Waals surface area contributed by atoms with Crippen LogP contribution in [0.5, 0.6) is 0 Å². The summed E-state index contributed by atoms with van der Waals surface area (Å²) in [6, 6.07) is 7.24. The number of hydrogen-bond acceptors (Lipinski definition) is 3. The summed E-state index contributed by atoms with van der Waals surface area (Å²) in [6.07, 6.45) is 5.06. The van der Waals surface area contributed by atoms with Crippen molar-refractivity contribution in [1.29, 1.82) is 0 Å². The van der Waals surface area contributed by atoms with Gasteiger partial charge in [-0.05, 0) is 61.0 Å². The second-order valence-corrected chi connectivity index (χ2v) is 8.93. The summed E-state index contributed by atoms with van der Waals surface area (Å²) in [5.74, 6) is 2.96. The number of carboxylic acid groups (broad SMARTS) is 1. The Balaban J connectivity index is 1.20. The predicted molar refractivity (Wildman–Crippen MR) is 101 cm³/mol. The molecule has 0 radical (unpaired) electrons. The number of hydrogen-bond donors (Lipinski definition) is 1. The Bertz CT molecular complexity index is 748. The number of carbonyl (C=O) groups is 2. The lowest BCUT2D eigenvalue weighted by Crippen LogP contribution is -2.37. The summed E-state index contributed by atoms with van der Waals surface area (Å²) in [5, 5.41) is 9.39. The minimum absolute atomic E-state index is 0.329. The highest BCUT2D eigenvalue weighted by Gasteiger charge is 2.67. The highest BCUT2D eigenvalue weighted by atomic mass is 16.4. The standard InChI is InChI=1S/C22H28N2O3/c25-21(20-18-14-6-7-15(12-14)19(18)20)24-9-3-8-23(10-11-24)13-16-4-1-2-5-17(16)22(26)27/h1-2,4-5,14-15,18-20H,3,6-13H2,(H,26,27). The van der Waals surface area contributed by atoms with E-state index in [0.717, 1.165) is 50.0 Å². The summed E-state index contributed by atoms with van der Waals surface area (Å²) in [5.41, 5.74) is 1.24. The fraction of sp³-hybridized carbons (Fsp3) is 0.636. The Morgan fingerprint density at radius 2 is 1.74 bits per heavy atom. The third-order valence-electron chi connectivity index (χ3n) is 7.56. The molecular formula is C22H28N2O3. The first-order valence-corrected chi connectivity index (χ1v) is 10.5. The fourth-order valence-electron chi connectivity index (χ4n) is 6.32. The van der Waals surface area contributed by atoms with Crippen LogP contribution >= 0.6 is 0 Å². The van der Waals surface area contributed by atoms with Crippen molar-refractivity contribution in [3.8, 4) is 0 Å². The second-order valence-electron chi connectivity index (χ2n) is 8.93. The number of aromatic carboxylic acids is 1. The molecule has 1 N–H and O–H groups in total. The molecule has 1 aromatic carbocycles. The first-order valence-electron chi connectivity index (χ1n) is 10.5. The van der Waals surface area contributed by atoms with Gasteiger partial charge >= 0.3 is 5.97 Å². The zero-order valence-corrected chi connectivity index (χ0v) is 15.7. The average Bonchev–Trinajstić information content (AvgIpc) is 3.21. The van der Waals surface area contributed by atoms with Crippen molar-refractivity contribution in [1.82, 2.24) is 9.80 Å². The molecule has 4 atom stereocenters. The van der Waals surface area contributed by atoms with Gasteiger partial charge < -0.3 is 10.0 Å². The van der Waals surface area contributed by atoms with Crippen molar-refractivity contribution in [2.75, 3.05) is 26.2 Å². The molecule has 2 bridgehead atoms.